The van der Waals surface area contributed by atoms with E-state index in [0.29, 0.717) is 12.2 Å². The Bertz CT molecular complexity index is 546. The summed E-state index contributed by atoms with van der Waals surface area (Å²) >= 11 is 0. The number of rotatable bonds is 8. The molecule has 0 fully saturated rings. The molecule has 0 saturated heterocycles. The first-order valence-corrected chi connectivity index (χ1v) is 7.92. The SMILES string of the molecule is C=CCNC(=O)C(C)(C)C(=O)Nc1ccc(N(CC)CC)cc1. The van der Waals surface area contributed by atoms with Gasteiger partial charge in [0, 0.05) is 31.0 Å². The molecular weight excluding hydrogens is 290 g/mol. The first kappa shape index (κ1) is 18.7. The zero-order valence-corrected chi connectivity index (χ0v) is 14.5. The number of hydrogen-bond donors (Lipinski definition) is 2. The van der Waals surface area contributed by atoms with Gasteiger partial charge in [-0.1, -0.05) is 6.08 Å². The second-order valence-corrected chi connectivity index (χ2v) is 5.80. The lowest BCUT2D eigenvalue weighted by Crippen LogP contribution is -2.45. The van der Waals surface area contributed by atoms with E-state index < -0.39 is 5.41 Å². The van der Waals surface area contributed by atoms with Gasteiger partial charge in [0.05, 0.1) is 0 Å². The molecule has 0 unspecified atom stereocenters. The minimum atomic E-state index is -1.15. The summed E-state index contributed by atoms with van der Waals surface area (Å²) in [6.07, 6.45) is 1.58. The van der Waals surface area contributed by atoms with Gasteiger partial charge in [-0.15, -0.1) is 6.58 Å². The first-order valence-electron chi connectivity index (χ1n) is 7.92. The highest BCUT2D eigenvalue weighted by molar-refractivity contribution is 6.09. The van der Waals surface area contributed by atoms with Crippen LogP contribution in [0.2, 0.25) is 0 Å². The maximum atomic E-state index is 12.4. The van der Waals surface area contributed by atoms with Crippen LogP contribution < -0.4 is 15.5 Å². The summed E-state index contributed by atoms with van der Waals surface area (Å²) in [5, 5.41) is 5.45. The van der Waals surface area contributed by atoms with E-state index in [0.717, 1.165) is 18.8 Å². The van der Waals surface area contributed by atoms with Crippen molar-refractivity contribution in [3.05, 3.63) is 36.9 Å². The van der Waals surface area contributed by atoms with Gasteiger partial charge in [-0.25, -0.2) is 0 Å². The summed E-state index contributed by atoms with van der Waals surface area (Å²) in [6.45, 7) is 13.2. The molecule has 126 valence electrons. The molecule has 0 aliphatic heterocycles. The molecule has 0 spiro atoms. The standard InChI is InChI=1S/C18H27N3O2/c1-6-13-19-16(22)18(4,5)17(23)20-14-9-11-15(12-10-14)21(7-2)8-3/h6,9-12H,1,7-8,13H2,2-5H3,(H,19,22)(H,20,23). The van der Waals surface area contributed by atoms with Gasteiger partial charge in [0.1, 0.15) is 5.41 Å². The Balaban J connectivity index is 2.76. The first-order chi connectivity index (χ1) is 10.9. The van der Waals surface area contributed by atoms with Crippen LogP contribution in [0.1, 0.15) is 27.7 Å². The molecule has 1 aromatic carbocycles. The zero-order valence-electron chi connectivity index (χ0n) is 14.5. The molecular formula is C18H27N3O2. The molecule has 0 aliphatic rings. The third kappa shape index (κ3) is 4.84. The van der Waals surface area contributed by atoms with Crippen LogP contribution >= 0.6 is 0 Å². The third-order valence-electron chi connectivity index (χ3n) is 3.80. The predicted molar refractivity (Wildman–Crippen MR) is 95.6 cm³/mol. The van der Waals surface area contributed by atoms with Crippen molar-refractivity contribution in [2.75, 3.05) is 29.9 Å². The second kappa shape index (κ2) is 8.36. The Labute approximate surface area is 138 Å². The Kier molecular flexibility index (Phi) is 6.82. The highest BCUT2D eigenvalue weighted by Gasteiger charge is 2.35. The average molecular weight is 317 g/mol. The molecule has 5 heteroatoms. The molecule has 5 nitrogen and oxygen atoms in total. The number of amides is 2. The Morgan fingerprint density at radius 3 is 2.17 bits per heavy atom. The molecule has 0 radical (unpaired) electrons. The van der Waals surface area contributed by atoms with E-state index in [1.165, 1.54) is 0 Å². The molecule has 0 atom stereocenters. The molecule has 0 saturated carbocycles. The van der Waals surface area contributed by atoms with Crippen molar-refractivity contribution in [1.29, 1.82) is 0 Å². The van der Waals surface area contributed by atoms with E-state index in [9.17, 15) is 9.59 Å². The number of anilines is 2. The minimum Gasteiger partial charge on any atom is -0.372 e. The van der Waals surface area contributed by atoms with Crippen LogP contribution in [0.25, 0.3) is 0 Å². The van der Waals surface area contributed by atoms with Crippen molar-refractivity contribution >= 4 is 23.2 Å². The van der Waals surface area contributed by atoms with Gasteiger partial charge in [0.2, 0.25) is 11.8 Å². The summed E-state index contributed by atoms with van der Waals surface area (Å²) in [4.78, 5) is 26.6. The number of benzene rings is 1. The quantitative estimate of drug-likeness (QED) is 0.572. The van der Waals surface area contributed by atoms with E-state index in [1.807, 2.05) is 24.3 Å². The molecule has 23 heavy (non-hydrogen) atoms. The number of carbonyl (C=O) groups excluding carboxylic acids is 2. The lowest BCUT2D eigenvalue weighted by Gasteiger charge is -2.23. The number of hydrogen-bond acceptors (Lipinski definition) is 3. The van der Waals surface area contributed by atoms with Gasteiger partial charge in [-0.3, -0.25) is 9.59 Å². The fourth-order valence-electron chi connectivity index (χ4n) is 2.12. The second-order valence-electron chi connectivity index (χ2n) is 5.80. The summed E-state index contributed by atoms with van der Waals surface area (Å²) < 4.78 is 0. The van der Waals surface area contributed by atoms with Crippen LogP contribution in [0.15, 0.2) is 36.9 Å². The average Bonchev–Trinajstić information content (AvgIpc) is 2.55. The molecule has 0 aliphatic carbocycles. The van der Waals surface area contributed by atoms with Crippen LogP contribution in [-0.4, -0.2) is 31.4 Å². The highest BCUT2D eigenvalue weighted by atomic mass is 16.2. The minimum absolute atomic E-state index is 0.324. The maximum Gasteiger partial charge on any atom is 0.239 e. The van der Waals surface area contributed by atoms with Crippen molar-refractivity contribution in [1.82, 2.24) is 5.32 Å². The highest BCUT2D eigenvalue weighted by Crippen LogP contribution is 2.21. The molecule has 1 rings (SSSR count). The topological polar surface area (TPSA) is 61.4 Å². The number of nitrogens with one attached hydrogen (secondary N) is 2. The van der Waals surface area contributed by atoms with Gasteiger partial charge < -0.3 is 15.5 Å². The zero-order chi connectivity index (χ0) is 17.5. The third-order valence-corrected chi connectivity index (χ3v) is 3.80. The van der Waals surface area contributed by atoms with Crippen LogP contribution in [0.3, 0.4) is 0 Å². The van der Waals surface area contributed by atoms with Crippen molar-refractivity contribution in [3.63, 3.8) is 0 Å². The van der Waals surface area contributed by atoms with Crippen molar-refractivity contribution in [2.45, 2.75) is 27.7 Å². The van der Waals surface area contributed by atoms with Gasteiger partial charge in [-0.2, -0.15) is 0 Å². The van der Waals surface area contributed by atoms with Crippen LogP contribution in [0.5, 0.6) is 0 Å². The Hall–Kier alpha value is -2.30. The number of carbonyl (C=O) groups is 2. The van der Waals surface area contributed by atoms with Crippen LogP contribution in [-0.2, 0) is 9.59 Å². The van der Waals surface area contributed by atoms with Crippen LogP contribution in [0, 0.1) is 5.41 Å². The van der Waals surface area contributed by atoms with Crippen molar-refractivity contribution in [2.24, 2.45) is 5.41 Å². The van der Waals surface area contributed by atoms with E-state index in [-0.39, 0.29) is 11.8 Å². The van der Waals surface area contributed by atoms with Gasteiger partial charge >= 0.3 is 0 Å². The molecule has 2 N–H and O–H groups in total. The molecule has 0 aromatic heterocycles. The van der Waals surface area contributed by atoms with E-state index in [2.05, 4.69) is 36.0 Å². The van der Waals surface area contributed by atoms with Crippen molar-refractivity contribution < 1.29 is 9.59 Å². The smallest absolute Gasteiger partial charge is 0.239 e. The normalized spacial score (nSPS) is 10.8. The van der Waals surface area contributed by atoms with Gasteiger partial charge in [0.25, 0.3) is 0 Å². The van der Waals surface area contributed by atoms with Crippen LogP contribution in [0.4, 0.5) is 11.4 Å². The summed E-state index contributed by atoms with van der Waals surface area (Å²) in [7, 11) is 0. The largest absolute Gasteiger partial charge is 0.372 e. The molecule has 2 amide bonds. The van der Waals surface area contributed by atoms with E-state index >= 15 is 0 Å². The molecule has 0 bridgehead atoms. The Morgan fingerprint density at radius 1 is 1.13 bits per heavy atom. The fourth-order valence-corrected chi connectivity index (χ4v) is 2.12. The van der Waals surface area contributed by atoms with Gasteiger partial charge in [-0.05, 0) is 52.0 Å². The van der Waals surface area contributed by atoms with E-state index in [4.69, 9.17) is 0 Å². The fraction of sp³-hybridized carbons (Fsp3) is 0.444. The summed E-state index contributed by atoms with van der Waals surface area (Å²) in [6, 6.07) is 7.63. The lowest BCUT2D eigenvalue weighted by atomic mass is 9.91. The molecule has 1 aromatic rings. The summed E-state index contributed by atoms with van der Waals surface area (Å²) in [5.41, 5.74) is 0.632. The van der Waals surface area contributed by atoms with Gasteiger partial charge in [0.15, 0.2) is 0 Å². The lowest BCUT2D eigenvalue weighted by molar-refractivity contribution is -0.138. The summed E-state index contributed by atoms with van der Waals surface area (Å²) in [5.74, 6) is -0.663. The molecule has 0 heterocycles. The predicted octanol–water partition coefficient (Wildman–Crippen LogP) is 2.80. The monoisotopic (exact) mass is 317 g/mol. The number of nitrogens with zero attached hydrogens (tertiary/aromatic N) is 1. The maximum absolute atomic E-state index is 12.4. The Morgan fingerprint density at radius 2 is 1.70 bits per heavy atom. The van der Waals surface area contributed by atoms with E-state index in [1.54, 1.807) is 19.9 Å². The van der Waals surface area contributed by atoms with Crippen molar-refractivity contribution in [3.8, 4) is 0 Å².